The molecule has 0 aromatic carbocycles. The molecular weight excluding hydrogens is 279 g/mol. The Balaban J connectivity index is 2.18. The van der Waals surface area contributed by atoms with Gasteiger partial charge in [-0.05, 0) is 0 Å². The van der Waals surface area contributed by atoms with Crippen LogP contribution in [0.2, 0.25) is 0 Å². The first-order valence-electron chi connectivity index (χ1n) is 6.26. The SMILES string of the molecule is O=C(O)CCN1CCN(CC(=O)NCC(F)(F)F)CC1. The van der Waals surface area contributed by atoms with Crippen LogP contribution >= 0.6 is 0 Å². The molecule has 1 aliphatic heterocycles. The number of alkyl halides is 3. The van der Waals surface area contributed by atoms with Gasteiger partial charge in [-0.1, -0.05) is 0 Å². The quantitative estimate of drug-likeness (QED) is 0.708. The van der Waals surface area contributed by atoms with Gasteiger partial charge in [0.25, 0.3) is 0 Å². The van der Waals surface area contributed by atoms with Crippen molar-refractivity contribution in [2.75, 3.05) is 45.8 Å². The van der Waals surface area contributed by atoms with E-state index in [4.69, 9.17) is 5.11 Å². The van der Waals surface area contributed by atoms with Crippen LogP contribution in [0.25, 0.3) is 0 Å². The summed E-state index contributed by atoms with van der Waals surface area (Å²) in [7, 11) is 0. The first kappa shape index (κ1) is 16.7. The predicted molar refractivity (Wildman–Crippen MR) is 64.2 cm³/mol. The van der Waals surface area contributed by atoms with Gasteiger partial charge in [-0.3, -0.25) is 14.5 Å². The van der Waals surface area contributed by atoms with E-state index in [0.717, 1.165) is 0 Å². The molecule has 6 nitrogen and oxygen atoms in total. The van der Waals surface area contributed by atoms with Crippen LogP contribution in [0.1, 0.15) is 6.42 Å². The number of piperazine rings is 1. The van der Waals surface area contributed by atoms with E-state index in [2.05, 4.69) is 0 Å². The highest BCUT2D eigenvalue weighted by atomic mass is 19.4. The third kappa shape index (κ3) is 7.29. The molecule has 2 N–H and O–H groups in total. The normalized spacial score (nSPS) is 17.9. The fourth-order valence-corrected chi connectivity index (χ4v) is 1.88. The largest absolute Gasteiger partial charge is 0.481 e. The van der Waals surface area contributed by atoms with Gasteiger partial charge in [0, 0.05) is 32.7 Å². The Hall–Kier alpha value is -1.35. The zero-order chi connectivity index (χ0) is 15.2. The summed E-state index contributed by atoms with van der Waals surface area (Å²) in [6.45, 7) is 1.37. The Kier molecular flexibility index (Phi) is 6.21. The van der Waals surface area contributed by atoms with Crippen molar-refractivity contribution in [3.8, 4) is 0 Å². The molecule has 0 unspecified atom stereocenters. The second-order valence-electron chi connectivity index (χ2n) is 4.65. The maximum atomic E-state index is 11.9. The summed E-state index contributed by atoms with van der Waals surface area (Å²) in [5, 5.41) is 10.4. The molecular formula is C11H18F3N3O3. The number of amides is 1. The molecule has 0 aromatic heterocycles. The number of hydrogen-bond acceptors (Lipinski definition) is 4. The predicted octanol–water partition coefficient (Wildman–Crippen LogP) is -0.243. The molecule has 0 aliphatic carbocycles. The number of carboxylic acids is 1. The van der Waals surface area contributed by atoms with Crippen molar-refractivity contribution in [3.63, 3.8) is 0 Å². The number of halogens is 3. The second kappa shape index (κ2) is 7.44. The van der Waals surface area contributed by atoms with Crippen molar-refractivity contribution in [1.29, 1.82) is 0 Å². The van der Waals surface area contributed by atoms with Crippen LogP contribution in [0.3, 0.4) is 0 Å². The Morgan fingerprint density at radius 3 is 2.15 bits per heavy atom. The van der Waals surface area contributed by atoms with Crippen LogP contribution in [0.15, 0.2) is 0 Å². The summed E-state index contributed by atoms with van der Waals surface area (Å²) in [5.74, 6) is -1.51. The molecule has 9 heteroatoms. The minimum Gasteiger partial charge on any atom is -0.481 e. The molecule has 20 heavy (non-hydrogen) atoms. The highest BCUT2D eigenvalue weighted by molar-refractivity contribution is 5.78. The lowest BCUT2D eigenvalue weighted by Crippen LogP contribution is -2.50. The topological polar surface area (TPSA) is 72.9 Å². The zero-order valence-corrected chi connectivity index (χ0v) is 10.9. The summed E-state index contributed by atoms with van der Waals surface area (Å²) >= 11 is 0. The summed E-state index contributed by atoms with van der Waals surface area (Å²) in [6.07, 6.45) is -4.34. The van der Waals surface area contributed by atoms with E-state index in [1.54, 1.807) is 4.90 Å². The van der Waals surface area contributed by atoms with E-state index in [1.807, 2.05) is 10.2 Å². The second-order valence-corrected chi connectivity index (χ2v) is 4.65. The molecule has 0 atom stereocenters. The summed E-state index contributed by atoms with van der Waals surface area (Å²) in [6, 6.07) is 0. The minimum absolute atomic E-state index is 0.0616. The molecule has 0 bridgehead atoms. The Bertz CT molecular complexity index is 342. The van der Waals surface area contributed by atoms with Gasteiger partial charge < -0.3 is 15.3 Å². The van der Waals surface area contributed by atoms with Crippen molar-refractivity contribution in [2.24, 2.45) is 0 Å². The molecule has 0 saturated carbocycles. The van der Waals surface area contributed by atoms with Crippen molar-refractivity contribution < 1.29 is 27.9 Å². The van der Waals surface area contributed by atoms with E-state index < -0.39 is 24.6 Å². The molecule has 0 spiro atoms. The van der Waals surface area contributed by atoms with E-state index in [1.165, 1.54) is 0 Å². The highest BCUT2D eigenvalue weighted by Gasteiger charge is 2.28. The van der Waals surface area contributed by atoms with Gasteiger partial charge in [-0.25, -0.2) is 0 Å². The van der Waals surface area contributed by atoms with E-state index in [0.29, 0.717) is 32.7 Å². The summed E-state index contributed by atoms with van der Waals surface area (Å²) in [5.41, 5.74) is 0. The number of carbonyl (C=O) groups excluding carboxylic acids is 1. The van der Waals surface area contributed by atoms with Crippen molar-refractivity contribution in [2.45, 2.75) is 12.6 Å². The summed E-state index contributed by atoms with van der Waals surface area (Å²) in [4.78, 5) is 25.4. The third-order valence-corrected chi connectivity index (χ3v) is 2.96. The molecule has 1 amide bonds. The molecule has 116 valence electrons. The fraction of sp³-hybridized carbons (Fsp3) is 0.818. The lowest BCUT2D eigenvalue weighted by Gasteiger charge is -2.33. The minimum atomic E-state index is -4.40. The average Bonchev–Trinajstić information content (AvgIpc) is 2.35. The molecule has 1 heterocycles. The van der Waals surface area contributed by atoms with Gasteiger partial charge in [0.05, 0.1) is 13.0 Å². The van der Waals surface area contributed by atoms with Crippen LogP contribution in [-0.4, -0.2) is 78.8 Å². The van der Waals surface area contributed by atoms with Gasteiger partial charge >= 0.3 is 12.1 Å². The van der Waals surface area contributed by atoms with Gasteiger partial charge in [-0.2, -0.15) is 13.2 Å². The standard InChI is InChI=1S/C11H18F3N3O3/c12-11(13,14)8-15-9(18)7-17-5-3-16(4-6-17)2-1-10(19)20/h1-8H2,(H,15,18)(H,19,20). The maximum Gasteiger partial charge on any atom is 0.405 e. The lowest BCUT2D eigenvalue weighted by atomic mass is 10.3. The number of hydrogen-bond donors (Lipinski definition) is 2. The number of aliphatic carboxylic acids is 1. The molecule has 1 fully saturated rings. The molecule has 1 saturated heterocycles. The number of nitrogens with zero attached hydrogens (tertiary/aromatic N) is 2. The van der Waals surface area contributed by atoms with Crippen LogP contribution in [0, 0.1) is 0 Å². The summed E-state index contributed by atoms with van der Waals surface area (Å²) < 4.78 is 35.7. The maximum absolute atomic E-state index is 11.9. The number of nitrogens with one attached hydrogen (secondary N) is 1. The Labute approximate surface area is 114 Å². The van der Waals surface area contributed by atoms with Crippen molar-refractivity contribution in [1.82, 2.24) is 15.1 Å². The molecule has 0 radical (unpaired) electrons. The van der Waals surface area contributed by atoms with Crippen LogP contribution in [0.5, 0.6) is 0 Å². The Morgan fingerprint density at radius 2 is 1.65 bits per heavy atom. The smallest absolute Gasteiger partial charge is 0.405 e. The van der Waals surface area contributed by atoms with Crippen molar-refractivity contribution >= 4 is 11.9 Å². The van der Waals surface area contributed by atoms with E-state index >= 15 is 0 Å². The molecule has 0 aromatic rings. The molecule has 1 aliphatic rings. The van der Waals surface area contributed by atoms with Crippen LogP contribution in [0.4, 0.5) is 13.2 Å². The first-order valence-corrected chi connectivity index (χ1v) is 6.26. The number of carboxylic acid groups (broad SMARTS) is 1. The van der Waals surface area contributed by atoms with Gasteiger partial charge in [0.15, 0.2) is 0 Å². The van der Waals surface area contributed by atoms with E-state index in [9.17, 15) is 22.8 Å². The third-order valence-electron chi connectivity index (χ3n) is 2.96. The Morgan fingerprint density at radius 1 is 1.10 bits per heavy atom. The van der Waals surface area contributed by atoms with Gasteiger partial charge in [-0.15, -0.1) is 0 Å². The van der Waals surface area contributed by atoms with E-state index in [-0.39, 0.29) is 13.0 Å². The monoisotopic (exact) mass is 297 g/mol. The zero-order valence-electron chi connectivity index (χ0n) is 10.9. The lowest BCUT2D eigenvalue weighted by molar-refractivity contribution is -0.139. The van der Waals surface area contributed by atoms with Crippen LogP contribution in [-0.2, 0) is 9.59 Å². The first-order chi connectivity index (χ1) is 9.26. The highest BCUT2D eigenvalue weighted by Crippen LogP contribution is 2.12. The van der Waals surface area contributed by atoms with Crippen molar-refractivity contribution in [3.05, 3.63) is 0 Å². The van der Waals surface area contributed by atoms with Gasteiger partial charge in [0.1, 0.15) is 6.54 Å². The number of rotatable bonds is 6. The fourth-order valence-electron chi connectivity index (χ4n) is 1.88. The number of carbonyl (C=O) groups is 2. The van der Waals surface area contributed by atoms with Gasteiger partial charge in [0.2, 0.25) is 5.91 Å². The van der Waals surface area contributed by atoms with Crippen LogP contribution < -0.4 is 5.32 Å². The molecule has 1 rings (SSSR count). The average molecular weight is 297 g/mol.